The van der Waals surface area contributed by atoms with Crippen molar-refractivity contribution >= 4 is 0 Å². The summed E-state index contributed by atoms with van der Waals surface area (Å²) in [5.41, 5.74) is 1.42. The first-order chi connectivity index (χ1) is 9.77. The Kier molecular flexibility index (Phi) is 4.42. The minimum Gasteiger partial charge on any atom is -0.306 e. The van der Waals surface area contributed by atoms with Crippen LogP contribution in [0.4, 0.5) is 8.78 Å². The van der Waals surface area contributed by atoms with Crippen molar-refractivity contribution < 1.29 is 8.78 Å². The lowest BCUT2D eigenvalue weighted by molar-refractivity contribution is 0.355. The molecule has 3 nitrogen and oxygen atoms in total. The van der Waals surface area contributed by atoms with Gasteiger partial charge in [-0.2, -0.15) is 5.10 Å². The van der Waals surface area contributed by atoms with E-state index in [-0.39, 0.29) is 11.6 Å². The summed E-state index contributed by atoms with van der Waals surface area (Å²) in [6.07, 6.45) is 3.77. The van der Waals surface area contributed by atoms with E-state index in [0.29, 0.717) is 12.1 Å². The summed E-state index contributed by atoms with van der Waals surface area (Å²) in [4.78, 5) is 0. The highest BCUT2D eigenvalue weighted by atomic mass is 19.1. The molecule has 1 unspecified atom stereocenters. The number of nitrogens with zero attached hydrogens (tertiary/aromatic N) is 2. The molecular weight excluding hydrogens is 272 g/mol. The van der Waals surface area contributed by atoms with Gasteiger partial charge in [0.2, 0.25) is 0 Å². The van der Waals surface area contributed by atoms with Gasteiger partial charge in [-0.25, -0.2) is 8.78 Å². The zero-order valence-electron chi connectivity index (χ0n) is 12.8. The molecule has 0 aliphatic carbocycles. The number of aromatic nitrogens is 2. The highest BCUT2D eigenvalue weighted by Gasteiger charge is 2.15. The summed E-state index contributed by atoms with van der Waals surface area (Å²) in [7, 11) is 0. The lowest BCUT2D eigenvalue weighted by Gasteiger charge is -2.19. The molecule has 0 saturated heterocycles. The molecule has 1 atom stereocenters. The third-order valence-electron chi connectivity index (χ3n) is 3.36. The first-order valence-corrected chi connectivity index (χ1v) is 7.00. The van der Waals surface area contributed by atoms with Crippen LogP contribution in [0.2, 0.25) is 0 Å². The Labute approximate surface area is 124 Å². The Morgan fingerprint density at radius 3 is 2.57 bits per heavy atom. The van der Waals surface area contributed by atoms with Gasteiger partial charge >= 0.3 is 0 Å². The minimum atomic E-state index is -0.560. The van der Waals surface area contributed by atoms with Crippen molar-refractivity contribution in [2.24, 2.45) is 0 Å². The quantitative estimate of drug-likeness (QED) is 0.930. The molecule has 5 heteroatoms. The van der Waals surface area contributed by atoms with Gasteiger partial charge in [0.15, 0.2) is 0 Å². The van der Waals surface area contributed by atoms with Crippen LogP contribution in [0, 0.1) is 11.6 Å². The zero-order valence-corrected chi connectivity index (χ0v) is 12.8. The predicted octanol–water partition coefficient (Wildman–Crippen LogP) is 3.77. The monoisotopic (exact) mass is 293 g/mol. The van der Waals surface area contributed by atoms with Gasteiger partial charge in [0.25, 0.3) is 0 Å². The number of rotatable bonds is 4. The van der Waals surface area contributed by atoms with E-state index in [1.165, 1.54) is 12.1 Å². The van der Waals surface area contributed by atoms with Crippen molar-refractivity contribution in [3.8, 4) is 0 Å². The summed E-state index contributed by atoms with van der Waals surface area (Å²) < 4.78 is 28.5. The minimum absolute atomic E-state index is 0.0626. The Balaban J connectivity index is 2.01. The fourth-order valence-corrected chi connectivity index (χ4v) is 2.05. The molecule has 0 saturated carbocycles. The van der Waals surface area contributed by atoms with Gasteiger partial charge in [0.1, 0.15) is 11.6 Å². The molecule has 0 spiro atoms. The van der Waals surface area contributed by atoms with Crippen LogP contribution in [-0.2, 0) is 12.1 Å². The predicted molar refractivity (Wildman–Crippen MR) is 78.8 cm³/mol. The van der Waals surface area contributed by atoms with Crippen molar-refractivity contribution in [1.29, 1.82) is 0 Å². The van der Waals surface area contributed by atoms with Gasteiger partial charge in [-0.05, 0) is 33.8 Å². The second kappa shape index (κ2) is 5.93. The second-order valence-corrected chi connectivity index (χ2v) is 6.23. The molecule has 0 aliphatic rings. The summed E-state index contributed by atoms with van der Waals surface area (Å²) in [5.74, 6) is -1.09. The van der Waals surface area contributed by atoms with Gasteiger partial charge in [-0.1, -0.05) is 6.07 Å². The summed E-state index contributed by atoms with van der Waals surface area (Å²) >= 11 is 0. The van der Waals surface area contributed by atoms with E-state index < -0.39 is 11.6 Å². The van der Waals surface area contributed by atoms with E-state index in [1.54, 1.807) is 6.20 Å². The van der Waals surface area contributed by atoms with Gasteiger partial charge in [-0.3, -0.25) is 4.68 Å². The van der Waals surface area contributed by atoms with Crippen LogP contribution >= 0.6 is 0 Å². The van der Waals surface area contributed by atoms with Crippen LogP contribution in [-0.4, -0.2) is 9.78 Å². The zero-order chi connectivity index (χ0) is 15.6. The third kappa shape index (κ3) is 3.88. The molecule has 1 N–H and O–H groups in total. The topological polar surface area (TPSA) is 29.9 Å². The highest BCUT2D eigenvalue weighted by molar-refractivity contribution is 5.21. The van der Waals surface area contributed by atoms with Crippen molar-refractivity contribution in [3.63, 3.8) is 0 Å². The van der Waals surface area contributed by atoms with E-state index >= 15 is 0 Å². The average molecular weight is 293 g/mol. The standard InChI is InChI=1S/C16H21F2N3/c1-11(14-6-5-13(17)7-15(14)18)19-8-12-9-20-21(10-12)16(2,3)4/h5-7,9-11,19H,8H2,1-4H3. The summed E-state index contributed by atoms with van der Waals surface area (Å²) in [6, 6.07) is 3.45. The number of hydrogen-bond acceptors (Lipinski definition) is 2. The van der Waals surface area contributed by atoms with Crippen molar-refractivity contribution in [3.05, 3.63) is 53.4 Å². The summed E-state index contributed by atoms with van der Waals surface area (Å²) in [6.45, 7) is 8.66. The third-order valence-corrected chi connectivity index (χ3v) is 3.36. The summed E-state index contributed by atoms with van der Waals surface area (Å²) in [5, 5.41) is 7.54. The molecule has 1 heterocycles. The first-order valence-electron chi connectivity index (χ1n) is 7.00. The molecule has 0 aliphatic heterocycles. The number of nitrogens with one attached hydrogen (secondary N) is 1. The van der Waals surface area contributed by atoms with Crippen molar-refractivity contribution in [1.82, 2.24) is 15.1 Å². The van der Waals surface area contributed by atoms with Crippen molar-refractivity contribution in [2.45, 2.75) is 45.8 Å². The molecule has 0 radical (unpaired) electrons. The van der Waals surface area contributed by atoms with E-state index in [0.717, 1.165) is 11.6 Å². The molecule has 1 aromatic heterocycles. The van der Waals surface area contributed by atoms with Crippen LogP contribution in [0.25, 0.3) is 0 Å². The fraction of sp³-hybridized carbons (Fsp3) is 0.438. The second-order valence-electron chi connectivity index (χ2n) is 6.23. The number of halogens is 2. The van der Waals surface area contributed by atoms with E-state index in [1.807, 2.05) is 17.8 Å². The molecule has 1 aromatic carbocycles. The lowest BCUT2D eigenvalue weighted by Crippen LogP contribution is -2.22. The first kappa shape index (κ1) is 15.6. The normalized spacial score (nSPS) is 13.4. The Bertz CT molecular complexity index is 614. The molecular formula is C16H21F2N3. The maximum Gasteiger partial charge on any atom is 0.130 e. The molecule has 0 fully saturated rings. The van der Waals surface area contributed by atoms with Crippen LogP contribution in [0.1, 0.15) is 44.9 Å². The molecule has 2 aromatic rings. The maximum absolute atomic E-state index is 13.7. The molecule has 2 rings (SSSR count). The van der Waals surface area contributed by atoms with E-state index in [9.17, 15) is 8.78 Å². The number of hydrogen-bond donors (Lipinski definition) is 1. The highest BCUT2D eigenvalue weighted by Crippen LogP contribution is 2.18. The van der Waals surface area contributed by atoms with E-state index in [4.69, 9.17) is 0 Å². The fourth-order valence-electron chi connectivity index (χ4n) is 2.05. The van der Waals surface area contributed by atoms with Gasteiger partial charge in [-0.15, -0.1) is 0 Å². The van der Waals surface area contributed by atoms with Crippen molar-refractivity contribution in [2.75, 3.05) is 0 Å². The Hall–Kier alpha value is -1.75. The number of benzene rings is 1. The van der Waals surface area contributed by atoms with E-state index in [2.05, 4.69) is 31.2 Å². The Morgan fingerprint density at radius 2 is 2.00 bits per heavy atom. The maximum atomic E-state index is 13.7. The van der Waals surface area contributed by atoms with Crippen LogP contribution in [0.15, 0.2) is 30.6 Å². The van der Waals surface area contributed by atoms with Crippen LogP contribution < -0.4 is 5.32 Å². The average Bonchev–Trinajstić information content (AvgIpc) is 2.84. The van der Waals surface area contributed by atoms with Crippen LogP contribution in [0.3, 0.4) is 0 Å². The van der Waals surface area contributed by atoms with Gasteiger partial charge < -0.3 is 5.32 Å². The molecule has 114 valence electrons. The SMILES string of the molecule is CC(NCc1cnn(C(C)(C)C)c1)c1ccc(F)cc1F. The van der Waals surface area contributed by atoms with Gasteiger partial charge in [0.05, 0.1) is 11.7 Å². The lowest BCUT2D eigenvalue weighted by atomic mass is 10.1. The largest absolute Gasteiger partial charge is 0.306 e. The molecule has 0 bridgehead atoms. The smallest absolute Gasteiger partial charge is 0.130 e. The molecule has 0 amide bonds. The van der Waals surface area contributed by atoms with Crippen LogP contribution in [0.5, 0.6) is 0 Å². The van der Waals surface area contributed by atoms with Gasteiger partial charge in [0, 0.05) is 36.0 Å². The molecule has 21 heavy (non-hydrogen) atoms. The Morgan fingerprint density at radius 1 is 1.29 bits per heavy atom.